The van der Waals surface area contributed by atoms with Gasteiger partial charge in [-0.15, -0.1) is 0 Å². The molecule has 12 heavy (non-hydrogen) atoms. The molecule has 2 heterocycles. The maximum Gasteiger partial charge on any atom is 0.163 e. The molecule has 70 valence electrons. The normalized spacial score (nSPS) is 45.8. The van der Waals surface area contributed by atoms with Crippen molar-refractivity contribution in [1.29, 1.82) is 0 Å². The fourth-order valence-corrected chi connectivity index (χ4v) is 1.72. The van der Waals surface area contributed by atoms with Crippen LogP contribution in [0.25, 0.3) is 0 Å². The van der Waals surface area contributed by atoms with Gasteiger partial charge in [-0.2, -0.15) is 0 Å². The average Bonchev–Trinajstić information content (AvgIpc) is 2.21. The van der Waals surface area contributed by atoms with E-state index in [9.17, 15) is 0 Å². The molecule has 1 N–H and O–H groups in total. The highest BCUT2D eigenvalue weighted by Crippen LogP contribution is 2.33. The first-order valence-electron chi connectivity index (χ1n) is 4.22. The molecule has 0 aromatic carbocycles. The lowest BCUT2D eigenvalue weighted by Crippen LogP contribution is -2.39. The van der Waals surface area contributed by atoms with Crippen molar-refractivity contribution in [1.82, 2.24) is 0 Å². The third-order valence-corrected chi connectivity index (χ3v) is 2.17. The minimum Gasteiger partial charge on any atom is -0.368 e. The van der Waals surface area contributed by atoms with Crippen molar-refractivity contribution in [2.45, 2.75) is 44.6 Å². The molecular weight excluding hydrogens is 160 g/mol. The molecule has 2 saturated heterocycles. The lowest BCUT2D eigenvalue weighted by Gasteiger charge is -2.26. The van der Waals surface area contributed by atoms with Crippen molar-refractivity contribution in [2.75, 3.05) is 6.61 Å². The second kappa shape index (κ2) is 2.67. The van der Waals surface area contributed by atoms with Gasteiger partial charge in [0.1, 0.15) is 6.10 Å². The summed E-state index contributed by atoms with van der Waals surface area (Å²) in [6, 6.07) is 0. The van der Waals surface area contributed by atoms with E-state index in [2.05, 4.69) is 0 Å². The molecule has 4 nitrogen and oxygen atoms in total. The second-order valence-electron chi connectivity index (χ2n) is 3.74. The van der Waals surface area contributed by atoms with E-state index in [1.54, 1.807) is 0 Å². The molecular formula is C8H14O4. The average molecular weight is 174 g/mol. The van der Waals surface area contributed by atoms with Gasteiger partial charge < -0.3 is 19.3 Å². The Kier molecular flexibility index (Phi) is 1.88. The van der Waals surface area contributed by atoms with Crippen LogP contribution in [0.3, 0.4) is 0 Å². The van der Waals surface area contributed by atoms with Gasteiger partial charge in [-0.1, -0.05) is 0 Å². The van der Waals surface area contributed by atoms with Crippen LogP contribution in [0.1, 0.15) is 20.3 Å². The van der Waals surface area contributed by atoms with Gasteiger partial charge in [-0.3, -0.25) is 0 Å². The second-order valence-corrected chi connectivity index (χ2v) is 3.74. The van der Waals surface area contributed by atoms with Crippen LogP contribution < -0.4 is 0 Å². The van der Waals surface area contributed by atoms with E-state index in [0.29, 0.717) is 13.0 Å². The van der Waals surface area contributed by atoms with Crippen molar-refractivity contribution < 1.29 is 19.3 Å². The molecule has 0 bridgehead atoms. The maximum absolute atomic E-state index is 9.17. The highest BCUT2D eigenvalue weighted by molar-refractivity contribution is 4.84. The first kappa shape index (κ1) is 8.44. The summed E-state index contributed by atoms with van der Waals surface area (Å²) in [5.74, 6) is -0.525. The summed E-state index contributed by atoms with van der Waals surface area (Å²) in [5.41, 5.74) is 0. The summed E-state index contributed by atoms with van der Waals surface area (Å²) in [5, 5.41) is 9.17. The minimum atomic E-state index is -0.691. The number of ether oxygens (including phenoxy) is 3. The molecule has 0 aromatic rings. The van der Waals surface area contributed by atoms with Gasteiger partial charge in [-0.25, -0.2) is 0 Å². The first-order valence-corrected chi connectivity index (χ1v) is 4.22. The third kappa shape index (κ3) is 1.47. The quantitative estimate of drug-likeness (QED) is 0.571. The number of hydrogen-bond donors (Lipinski definition) is 1. The van der Waals surface area contributed by atoms with Crippen molar-refractivity contribution in [3.05, 3.63) is 0 Å². The minimum absolute atomic E-state index is 0.0104. The van der Waals surface area contributed by atoms with Gasteiger partial charge >= 0.3 is 0 Å². The zero-order valence-electron chi connectivity index (χ0n) is 7.32. The first-order chi connectivity index (χ1) is 5.57. The molecule has 2 aliphatic heterocycles. The monoisotopic (exact) mass is 174 g/mol. The number of aliphatic hydroxyl groups excluding tert-OH is 1. The molecule has 2 fully saturated rings. The van der Waals surface area contributed by atoms with Crippen molar-refractivity contribution in [3.63, 3.8) is 0 Å². The molecule has 3 atom stereocenters. The predicted octanol–water partition coefficient (Wildman–Crippen LogP) is 0.245. The van der Waals surface area contributed by atoms with E-state index in [1.807, 2.05) is 13.8 Å². The van der Waals surface area contributed by atoms with Crippen LogP contribution in [-0.2, 0) is 14.2 Å². The number of hydrogen-bond acceptors (Lipinski definition) is 4. The van der Waals surface area contributed by atoms with Gasteiger partial charge in [-0.05, 0) is 13.8 Å². The molecule has 2 rings (SSSR count). The van der Waals surface area contributed by atoms with Gasteiger partial charge in [0.05, 0.1) is 12.7 Å². The molecule has 0 saturated carbocycles. The SMILES string of the molecule is CC1(C)O[C@H]2COC(O)C[C@H]2O1. The van der Waals surface area contributed by atoms with Gasteiger partial charge in [0.25, 0.3) is 0 Å². The van der Waals surface area contributed by atoms with Crippen molar-refractivity contribution in [2.24, 2.45) is 0 Å². The summed E-state index contributed by atoms with van der Waals surface area (Å²) in [6.07, 6.45) is -0.204. The third-order valence-electron chi connectivity index (χ3n) is 2.17. The van der Waals surface area contributed by atoms with Crippen LogP contribution in [0, 0.1) is 0 Å². The molecule has 2 aliphatic rings. The van der Waals surface area contributed by atoms with Crippen LogP contribution in [0.4, 0.5) is 0 Å². The molecule has 0 aliphatic carbocycles. The Labute approximate surface area is 71.4 Å². The van der Waals surface area contributed by atoms with Crippen LogP contribution in [-0.4, -0.2) is 36.0 Å². The predicted molar refractivity (Wildman–Crippen MR) is 40.4 cm³/mol. The highest BCUT2D eigenvalue weighted by atomic mass is 16.8. The van der Waals surface area contributed by atoms with E-state index in [-0.39, 0.29) is 12.2 Å². The van der Waals surface area contributed by atoms with E-state index >= 15 is 0 Å². The van der Waals surface area contributed by atoms with Crippen LogP contribution >= 0.6 is 0 Å². The van der Waals surface area contributed by atoms with Gasteiger partial charge in [0.2, 0.25) is 0 Å². The number of aliphatic hydroxyl groups is 1. The molecule has 1 unspecified atom stereocenters. The summed E-state index contributed by atoms with van der Waals surface area (Å²) >= 11 is 0. The molecule has 0 radical (unpaired) electrons. The Morgan fingerprint density at radius 2 is 1.92 bits per heavy atom. The summed E-state index contributed by atoms with van der Waals surface area (Å²) in [4.78, 5) is 0. The summed E-state index contributed by atoms with van der Waals surface area (Å²) < 4.78 is 16.1. The number of rotatable bonds is 0. The lowest BCUT2D eigenvalue weighted by molar-refractivity contribution is -0.167. The summed E-state index contributed by atoms with van der Waals surface area (Å²) in [7, 11) is 0. The zero-order valence-corrected chi connectivity index (χ0v) is 7.32. The molecule has 0 amide bonds. The Morgan fingerprint density at radius 1 is 1.25 bits per heavy atom. The van der Waals surface area contributed by atoms with Crippen LogP contribution in [0.2, 0.25) is 0 Å². The van der Waals surface area contributed by atoms with E-state index < -0.39 is 12.1 Å². The largest absolute Gasteiger partial charge is 0.368 e. The van der Waals surface area contributed by atoms with Crippen molar-refractivity contribution >= 4 is 0 Å². The van der Waals surface area contributed by atoms with E-state index in [0.717, 1.165) is 0 Å². The Balaban J connectivity index is 2.02. The van der Waals surface area contributed by atoms with Gasteiger partial charge in [0, 0.05) is 6.42 Å². The molecule has 0 aromatic heterocycles. The van der Waals surface area contributed by atoms with Gasteiger partial charge in [0.15, 0.2) is 12.1 Å². The molecule has 0 spiro atoms. The molecule has 4 heteroatoms. The van der Waals surface area contributed by atoms with E-state index in [1.165, 1.54) is 0 Å². The standard InChI is InChI=1S/C8H14O4/c1-8(2)11-5-3-7(9)10-4-6(5)12-8/h5-7,9H,3-4H2,1-2H3/t5-,6+,7?/m1/s1. The van der Waals surface area contributed by atoms with Crippen LogP contribution in [0.15, 0.2) is 0 Å². The Hall–Kier alpha value is -0.160. The number of fused-ring (bicyclic) bond motifs is 1. The topological polar surface area (TPSA) is 47.9 Å². The fourth-order valence-electron chi connectivity index (χ4n) is 1.72. The van der Waals surface area contributed by atoms with Crippen molar-refractivity contribution in [3.8, 4) is 0 Å². The van der Waals surface area contributed by atoms with Crippen LogP contribution in [0.5, 0.6) is 0 Å². The van der Waals surface area contributed by atoms with E-state index in [4.69, 9.17) is 19.3 Å². The highest BCUT2D eigenvalue weighted by Gasteiger charge is 2.44. The fraction of sp³-hybridized carbons (Fsp3) is 1.00. The Bertz CT molecular complexity index is 180. The Morgan fingerprint density at radius 3 is 2.67 bits per heavy atom. The summed E-state index contributed by atoms with van der Waals surface area (Å²) in [6.45, 7) is 4.17. The lowest BCUT2D eigenvalue weighted by atomic mass is 10.1. The smallest absolute Gasteiger partial charge is 0.163 e. The maximum atomic E-state index is 9.17. The zero-order chi connectivity index (χ0) is 8.77.